The predicted molar refractivity (Wildman–Crippen MR) is 39.3 cm³/mol. The second-order valence-electron chi connectivity index (χ2n) is 2.22. The van der Waals surface area contributed by atoms with Crippen molar-refractivity contribution in [2.45, 2.75) is 26.3 Å². The minimum atomic E-state index is 0.496. The molecule has 0 aromatic carbocycles. The van der Waals surface area contributed by atoms with Crippen molar-refractivity contribution in [3.05, 3.63) is 6.20 Å². The molecule has 0 amide bonds. The van der Waals surface area contributed by atoms with E-state index in [0.29, 0.717) is 5.82 Å². The molecule has 0 atom stereocenters. The summed E-state index contributed by atoms with van der Waals surface area (Å²) >= 11 is 0. The fraction of sp³-hybridized carbons (Fsp3) is 0.667. The number of nitrogens with zero attached hydrogens (tertiary/aromatic N) is 3. The molecule has 0 saturated heterocycles. The first-order valence-corrected chi connectivity index (χ1v) is 3.48. The summed E-state index contributed by atoms with van der Waals surface area (Å²) in [6.07, 6.45) is 3.82. The maximum atomic E-state index is 5.36. The molecule has 4 nitrogen and oxygen atoms in total. The lowest BCUT2D eigenvalue weighted by atomic mass is 10.3. The molecule has 0 unspecified atom stereocenters. The summed E-state index contributed by atoms with van der Waals surface area (Å²) in [6, 6.07) is 0. The Morgan fingerprint density at radius 1 is 1.70 bits per heavy atom. The van der Waals surface area contributed by atoms with Crippen molar-refractivity contribution in [3.63, 3.8) is 0 Å². The summed E-state index contributed by atoms with van der Waals surface area (Å²) in [5, 5.41) is 7.87. The maximum absolute atomic E-state index is 5.36. The zero-order chi connectivity index (χ0) is 7.40. The highest BCUT2D eigenvalue weighted by atomic mass is 15.5. The minimum Gasteiger partial charge on any atom is -0.381 e. The lowest BCUT2D eigenvalue weighted by molar-refractivity contribution is 0.509. The Morgan fingerprint density at radius 2 is 2.50 bits per heavy atom. The maximum Gasteiger partial charge on any atom is 0.165 e. The van der Waals surface area contributed by atoms with Crippen LogP contribution in [0.15, 0.2) is 6.20 Å². The summed E-state index contributed by atoms with van der Waals surface area (Å²) in [5.74, 6) is 0.496. The van der Waals surface area contributed by atoms with Gasteiger partial charge in [0.05, 0.1) is 12.7 Å². The molecule has 0 aliphatic heterocycles. The Labute approximate surface area is 60.0 Å². The molecule has 10 heavy (non-hydrogen) atoms. The minimum absolute atomic E-state index is 0.496. The van der Waals surface area contributed by atoms with Gasteiger partial charge in [0.15, 0.2) is 5.82 Å². The number of hydrogen-bond donors (Lipinski definition) is 1. The molecule has 0 saturated carbocycles. The molecule has 0 bridgehead atoms. The number of nitrogens with two attached hydrogens (primary N) is 1. The first-order chi connectivity index (χ1) is 4.83. The molecule has 0 fully saturated rings. The van der Waals surface area contributed by atoms with Gasteiger partial charge in [-0.3, -0.25) is 0 Å². The molecular formula is C6H12N4. The monoisotopic (exact) mass is 140 g/mol. The van der Waals surface area contributed by atoms with Crippen LogP contribution in [0.3, 0.4) is 0 Å². The molecule has 4 heteroatoms. The van der Waals surface area contributed by atoms with Gasteiger partial charge in [-0.15, -0.1) is 5.10 Å². The molecule has 56 valence electrons. The third kappa shape index (κ3) is 1.72. The van der Waals surface area contributed by atoms with Gasteiger partial charge in [-0.2, -0.15) is 9.90 Å². The Morgan fingerprint density at radius 3 is 3.00 bits per heavy atom. The fourth-order valence-corrected chi connectivity index (χ4v) is 0.718. The topological polar surface area (TPSA) is 56.7 Å². The Balaban J connectivity index is 2.42. The lowest BCUT2D eigenvalue weighted by Crippen LogP contribution is -2.02. The first-order valence-electron chi connectivity index (χ1n) is 3.48. The van der Waals surface area contributed by atoms with E-state index in [1.165, 1.54) is 0 Å². The second kappa shape index (κ2) is 3.20. The third-order valence-electron chi connectivity index (χ3n) is 1.27. The zero-order valence-electron chi connectivity index (χ0n) is 6.12. The summed E-state index contributed by atoms with van der Waals surface area (Å²) in [5.41, 5.74) is 5.36. The van der Waals surface area contributed by atoms with E-state index in [-0.39, 0.29) is 0 Å². The first kappa shape index (κ1) is 7.05. The van der Waals surface area contributed by atoms with Gasteiger partial charge in [-0.25, -0.2) is 0 Å². The van der Waals surface area contributed by atoms with E-state index in [0.717, 1.165) is 19.4 Å². The molecule has 0 aliphatic rings. The quantitative estimate of drug-likeness (QED) is 0.671. The highest BCUT2D eigenvalue weighted by Crippen LogP contribution is 1.94. The van der Waals surface area contributed by atoms with Crippen LogP contribution in [0.1, 0.15) is 19.8 Å². The molecule has 1 aromatic rings. The zero-order valence-corrected chi connectivity index (χ0v) is 6.12. The van der Waals surface area contributed by atoms with Gasteiger partial charge < -0.3 is 5.73 Å². The number of anilines is 1. The highest BCUT2D eigenvalue weighted by molar-refractivity contribution is 5.19. The van der Waals surface area contributed by atoms with Crippen molar-refractivity contribution in [3.8, 4) is 0 Å². The standard InChI is InChI=1S/C6H12N4/c1-2-3-4-10-8-5-6(7)9-10/h5H,2-4H2,1H3,(H2,7,9). The van der Waals surface area contributed by atoms with Crippen LogP contribution in [-0.2, 0) is 6.54 Å². The fourth-order valence-electron chi connectivity index (χ4n) is 0.718. The molecule has 2 N–H and O–H groups in total. The Hall–Kier alpha value is -1.06. The van der Waals surface area contributed by atoms with Crippen molar-refractivity contribution in [1.82, 2.24) is 15.0 Å². The van der Waals surface area contributed by atoms with Crippen LogP contribution < -0.4 is 5.73 Å². The SMILES string of the molecule is CCCCn1ncc(N)n1. The van der Waals surface area contributed by atoms with Crippen LogP contribution >= 0.6 is 0 Å². The number of hydrogen-bond acceptors (Lipinski definition) is 3. The van der Waals surface area contributed by atoms with Gasteiger partial charge in [0.2, 0.25) is 0 Å². The van der Waals surface area contributed by atoms with Gasteiger partial charge in [0.1, 0.15) is 0 Å². The third-order valence-corrected chi connectivity index (χ3v) is 1.27. The number of unbranched alkanes of at least 4 members (excludes halogenated alkanes) is 1. The Kier molecular flexibility index (Phi) is 2.25. The van der Waals surface area contributed by atoms with E-state index in [1.807, 2.05) is 0 Å². The number of aryl methyl sites for hydroxylation is 1. The number of nitrogen functional groups attached to an aromatic ring is 1. The molecule has 0 aliphatic carbocycles. The largest absolute Gasteiger partial charge is 0.381 e. The van der Waals surface area contributed by atoms with Gasteiger partial charge in [0, 0.05) is 0 Å². The molecule has 1 aromatic heterocycles. The van der Waals surface area contributed by atoms with E-state index in [1.54, 1.807) is 11.0 Å². The van der Waals surface area contributed by atoms with Crippen LogP contribution in [0.25, 0.3) is 0 Å². The smallest absolute Gasteiger partial charge is 0.165 e. The molecular weight excluding hydrogens is 128 g/mol. The van der Waals surface area contributed by atoms with Crippen LogP contribution in [-0.4, -0.2) is 15.0 Å². The van der Waals surface area contributed by atoms with Crippen molar-refractivity contribution < 1.29 is 0 Å². The van der Waals surface area contributed by atoms with E-state index in [9.17, 15) is 0 Å². The van der Waals surface area contributed by atoms with E-state index in [2.05, 4.69) is 17.1 Å². The van der Waals surface area contributed by atoms with Crippen molar-refractivity contribution in [2.24, 2.45) is 0 Å². The number of rotatable bonds is 3. The summed E-state index contributed by atoms with van der Waals surface area (Å²) in [6.45, 7) is 3.00. The summed E-state index contributed by atoms with van der Waals surface area (Å²) in [7, 11) is 0. The summed E-state index contributed by atoms with van der Waals surface area (Å²) < 4.78 is 0. The normalized spacial score (nSPS) is 10.1. The van der Waals surface area contributed by atoms with Crippen molar-refractivity contribution >= 4 is 5.82 Å². The average Bonchev–Trinajstić information content (AvgIpc) is 2.31. The highest BCUT2D eigenvalue weighted by Gasteiger charge is 1.92. The van der Waals surface area contributed by atoms with Crippen LogP contribution in [0.2, 0.25) is 0 Å². The van der Waals surface area contributed by atoms with Crippen LogP contribution in [0.5, 0.6) is 0 Å². The van der Waals surface area contributed by atoms with Gasteiger partial charge in [0.25, 0.3) is 0 Å². The molecule has 0 spiro atoms. The molecule has 1 rings (SSSR count). The van der Waals surface area contributed by atoms with Crippen molar-refractivity contribution in [1.29, 1.82) is 0 Å². The summed E-state index contributed by atoms with van der Waals surface area (Å²) in [4.78, 5) is 1.62. The van der Waals surface area contributed by atoms with Crippen LogP contribution in [0.4, 0.5) is 5.82 Å². The van der Waals surface area contributed by atoms with E-state index >= 15 is 0 Å². The predicted octanol–water partition coefficient (Wildman–Crippen LogP) is 0.660. The van der Waals surface area contributed by atoms with E-state index < -0.39 is 0 Å². The lowest BCUT2D eigenvalue weighted by Gasteiger charge is -1.94. The van der Waals surface area contributed by atoms with Gasteiger partial charge >= 0.3 is 0 Å². The Bertz CT molecular complexity index is 193. The number of aromatic nitrogens is 3. The van der Waals surface area contributed by atoms with Gasteiger partial charge in [-0.1, -0.05) is 13.3 Å². The van der Waals surface area contributed by atoms with E-state index in [4.69, 9.17) is 5.73 Å². The van der Waals surface area contributed by atoms with Gasteiger partial charge in [-0.05, 0) is 6.42 Å². The second-order valence-corrected chi connectivity index (χ2v) is 2.22. The molecule has 1 heterocycles. The van der Waals surface area contributed by atoms with Crippen molar-refractivity contribution in [2.75, 3.05) is 5.73 Å². The average molecular weight is 140 g/mol. The van der Waals surface area contributed by atoms with Crippen LogP contribution in [0, 0.1) is 0 Å². The molecule has 0 radical (unpaired) electrons.